The molecule has 0 aromatic rings. The molecule has 1 saturated heterocycles. The van der Waals surface area contributed by atoms with Crippen molar-refractivity contribution in [3.8, 4) is 0 Å². The molecule has 0 aromatic heterocycles. The zero-order valence-corrected chi connectivity index (χ0v) is 12.7. The fourth-order valence-electron chi connectivity index (χ4n) is 2.20. The Hall–Kier alpha value is -0.910. The molecule has 0 aromatic carbocycles. The number of nitrogens with one attached hydrogen (secondary N) is 1. The van der Waals surface area contributed by atoms with Crippen molar-refractivity contribution in [1.82, 2.24) is 10.2 Å². The van der Waals surface area contributed by atoms with Gasteiger partial charge in [-0.2, -0.15) is 11.8 Å². The van der Waals surface area contributed by atoms with Gasteiger partial charge in [0.05, 0.1) is 0 Å². The Morgan fingerprint density at radius 3 is 2.42 bits per heavy atom. The number of amides is 2. The fraction of sp³-hybridized carbons (Fsp3) is 0.846. The molecule has 19 heavy (non-hydrogen) atoms. The van der Waals surface area contributed by atoms with Gasteiger partial charge in [-0.25, -0.2) is 9.59 Å². The fourth-order valence-corrected chi connectivity index (χ4v) is 2.88. The van der Waals surface area contributed by atoms with Crippen molar-refractivity contribution in [3.63, 3.8) is 0 Å². The molecule has 0 saturated carbocycles. The van der Waals surface area contributed by atoms with Crippen molar-refractivity contribution >= 4 is 23.8 Å². The van der Waals surface area contributed by atoms with Gasteiger partial charge in [0.2, 0.25) is 0 Å². The molecule has 6 heteroatoms. The molecule has 1 fully saturated rings. The molecule has 0 radical (unpaired) electrons. The number of piperidine rings is 1. The lowest BCUT2D eigenvalue weighted by molar-refractivity contribution is -0.140. The van der Waals surface area contributed by atoms with E-state index in [-0.39, 0.29) is 11.9 Å². The Balaban J connectivity index is 2.51. The summed E-state index contributed by atoms with van der Waals surface area (Å²) >= 11 is 1.83. The van der Waals surface area contributed by atoms with E-state index in [0.29, 0.717) is 18.3 Å². The number of hydrogen-bond acceptors (Lipinski definition) is 3. The first-order valence-electron chi connectivity index (χ1n) is 6.80. The quantitative estimate of drug-likeness (QED) is 0.812. The zero-order chi connectivity index (χ0) is 14.4. The van der Waals surface area contributed by atoms with Crippen LogP contribution in [0.3, 0.4) is 0 Å². The van der Waals surface area contributed by atoms with Gasteiger partial charge in [0, 0.05) is 18.3 Å². The van der Waals surface area contributed by atoms with Crippen molar-refractivity contribution in [3.05, 3.63) is 0 Å². The molecule has 1 heterocycles. The van der Waals surface area contributed by atoms with Crippen molar-refractivity contribution < 1.29 is 14.7 Å². The van der Waals surface area contributed by atoms with Crippen LogP contribution >= 0.6 is 11.8 Å². The van der Waals surface area contributed by atoms with E-state index in [1.165, 1.54) is 0 Å². The van der Waals surface area contributed by atoms with E-state index in [4.69, 9.17) is 5.11 Å². The van der Waals surface area contributed by atoms with Gasteiger partial charge in [0.25, 0.3) is 0 Å². The van der Waals surface area contributed by atoms with Gasteiger partial charge in [-0.15, -0.1) is 0 Å². The van der Waals surface area contributed by atoms with Gasteiger partial charge in [0.15, 0.2) is 0 Å². The number of carboxylic acid groups (broad SMARTS) is 1. The molecule has 0 bridgehead atoms. The summed E-state index contributed by atoms with van der Waals surface area (Å²) in [5.41, 5.74) is 0. The van der Waals surface area contributed by atoms with Gasteiger partial charge in [-0.1, -0.05) is 20.3 Å². The zero-order valence-electron chi connectivity index (χ0n) is 11.9. The number of carbonyl (C=O) groups excluding carboxylic acids is 1. The molecule has 1 rings (SSSR count). The summed E-state index contributed by atoms with van der Waals surface area (Å²) in [4.78, 5) is 25.0. The summed E-state index contributed by atoms with van der Waals surface area (Å²) in [6, 6.07) is -1.04. The van der Waals surface area contributed by atoms with Gasteiger partial charge < -0.3 is 15.3 Å². The molecule has 2 atom stereocenters. The summed E-state index contributed by atoms with van der Waals surface area (Å²) in [7, 11) is 0. The smallest absolute Gasteiger partial charge is 0.326 e. The van der Waals surface area contributed by atoms with E-state index in [1.807, 2.05) is 25.6 Å². The lowest BCUT2D eigenvalue weighted by Gasteiger charge is -2.32. The first kappa shape index (κ1) is 16.1. The predicted molar refractivity (Wildman–Crippen MR) is 77.5 cm³/mol. The van der Waals surface area contributed by atoms with Crippen LogP contribution < -0.4 is 5.32 Å². The van der Waals surface area contributed by atoms with E-state index < -0.39 is 12.0 Å². The second-order valence-electron chi connectivity index (χ2n) is 5.07. The summed E-state index contributed by atoms with van der Waals surface area (Å²) in [6.07, 6.45) is 4.78. The molecule has 0 aliphatic carbocycles. The van der Waals surface area contributed by atoms with E-state index in [9.17, 15) is 9.59 Å². The Bertz CT molecular complexity index is 317. The number of rotatable bonds is 5. The van der Waals surface area contributed by atoms with Crippen molar-refractivity contribution in [2.75, 3.05) is 19.3 Å². The highest BCUT2D eigenvalue weighted by Gasteiger charge is 2.29. The van der Waals surface area contributed by atoms with E-state index >= 15 is 0 Å². The minimum Gasteiger partial charge on any atom is -0.480 e. The third kappa shape index (κ3) is 4.60. The van der Waals surface area contributed by atoms with Crippen LogP contribution in [0.1, 0.15) is 33.1 Å². The first-order valence-corrected chi connectivity index (χ1v) is 8.09. The predicted octanol–water partition coefficient (Wildman–Crippen LogP) is 2.02. The highest BCUT2D eigenvalue weighted by molar-refractivity contribution is 7.99. The molecule has 110 valence electrons. The number of carbonyl (C=O) groups is 2. The SMILES string of the molecule is CC[C@H](C)[C@H](NC(=O)N1CCC(SC)CC1)C(=O)O. The standard InChI is InChI=1S/C13H24N2O3S/c1-4-9(2)11(12(16)17)14-13(18)15-7-5-10(19-3)6-8-15/h9-11H,4-8H2,1-3H3,(H,14,18)(H,16,17)/t9-,11-/m0/s1. The van der Waals surface area contributed by atoms with Gasteiger partial charge in [-0.05, 0) is 25.0 Å². The lowest BCUT2D eigenvalue weighted by atomic mass is 9.99. The highest BCUT2D eigenvalue weighted by Crippen LogP contribution is 2.21. The number of nitrogens with zero attached hydrogens (tertiary/aromatic N) is 1. The van der Waals surface area contributed by atoms with Crippen molar-refractivity contribution in [2.24, 2.45) is 5.92 Å². The lowest BCUT2D eigenvalue weighted by Crippen LogP contribution is -2.52. The Labute approximate surface area is 119 Å². The number of urea groups is 1. The second kappa shape index (κ2) is 7.62. The second-order valence-corrected chi connectivity index (χ2v) is 6.21. The number of thioether (sulfide) groups is 1. The molecule has 1 aliphatic rings. The van der Waals surface area contributed by atoms with Gasteiger partial charge >= 0.3 is 12.0 Å². The normalized spacial score (nSPS) is 19.8. The van der Waals surface area contributed by atoms with Crippen LogP contribution in [-0.2, 0) is 4.79 Å². The molecule has 2 N–H and O–H groups in total. The molecule has 0 spiro atoms. The van der Waals surface area contributed by atoms with E-state index in [2.05, 4.69) is 11.6 Å². The molecular formula is C13H24N2O3S. The minimum atomic E-state index is -0.957. The minimum absolute atomic E-state index is 0.0646. The van der Waals surface area contributed by atoms with Crippen molar-refractivity contribution in [2.45, 2.75) is 44.4 Å². The summed E-state index contributed by atoms with van der Waals surface area (Å²) in [5.74, 6) is -1.02. The summed E-state index contributed by atoms with van der Waals surface area (Å²) < 4.78 is 0. The van der Waals surface area contributed by atoms with Gasteiger partial charge in [-0.3, -0.25) is 0 Å². The van der Waals surface area contributed by atoms with Crippen LogP contribution in [0.15, 0.2) is 0 Å². The third-order valence-corrected chi connectivity index (χ3v) is 4.96. The van der Waals surface area contributed by atoms with E-state index in [0.717, 1.165) is 19.3 Å². The molecule has 5 nitrogen and oxygen atoms in total. The maximum atomic E-state index is 12.1. The summed E-state index contributed by atoms with van der Waals surface area (Å²) in [5, 5.41) is 12.4. The van der Waals surface area contributed by atoms with Crippen LogP contribution in [-0.4, -0.2) is 52.6 Å². The number of carboxylic acids is 1. The first-order chi connectivity index (χ1) is 8.99. The van der Waals surface area contributed by atoms with Gasteiger partial charge in [0.1, 0.15) is 6.04 Å². The molecule has 0 unspecified atom stereocenters. The van der Waals surface area contributed by atoms with Crippen LogP contribution in [0.25, 0.3) is 0 Å². The molecular weight excluding hydrogens is 264 g/mol. The maximum Gasteiger partial charge on any atom is 0.326 e. The Kier molecular flexibility index (Phi) is 6.48. The average molecular weight is 288 g/mol. The number of hydrogen-bond donors (Lipinski definition) is 2. The topological polar surface area (TPSA) is 69.6 Å². The maximum absolute atomic E-state index is 12.1. The highest BCUT2D eigenvalue weighted by atomic mass is 32.2. The Morgan fingerprint density at radius 1 is 1.42 bits per heavy atom. The van der Waals surface area contributed by atoms with Crippen LogP contribution in [0.2, 0.25) is 0 Å². The molecule has 1 aliphatic heterocycles. The summed E-state index contributed by atoms with van der Waals surface area (Å²) in [6.45, 7) is 5.20. The Morgan fingerprint density at radius 2 is 2.00 bits per heavy atom. The number of aliphatic carboxylic acids is 1. The largest absolute Gasteiger partial charge is 0.480 e. The van der Waals surface area contributed by atoms with Crippen molar-refractivity contribution in [1.29, 1.82) is 0 Å². The monoisotopic (exact) mass is 288 g/mol. The van der Waals surface area contributed by atoms with Crippen LogP contribution in [0.5, 0.6) is 0 Å². The van der Waals surface area contributed by atoms with E-state index in [1.54, 1.807) is 4.90 Å². The number of likely N-dealkylation sites (tertiary alicyclic amines) is 1. The third-order valence-electron chi connectivity index (χ3n) is 3.82. The molecule has 2 amide bonds. The van der Waals surface area contributed by atoms with Crippen LogP contribution in [0.4, 0.5) is 4.79 Å². The average Bonchev–Trinajstić information content (AvgIpc) is 2.43. The van der Waals surface area contributed by atoms with Crippen LogP contribution in [0, 0.1) is 5.92 Å².